The summed E-state index contributed by atoms with van der Waals surface area (Å²) in [6, 6.07) is 0. The Morgan fingerprint density at radius 1 is 1.31 bits per heavy atom. The smallest absolute Gasteiger partial charge is 0.325 e. The SMILES string of the molecule is CCN(CC(=O)OC)C(=O)CCC(C)OC. The lowest BCUT2D eigenvalue weighted by Crippen LogP contribution is -2.36. The molecule has 0 aliphatic rings. The van der Waals surface area contributed by atoms with Gasteiger partial charge in [-0.15, -0.1) is 0 Å². The maximum atomic E-state index is 11.7. The summed E-state index contributed by atoms with van der Waals surface area (Å²) in [5.74, 6) is -0.438. The van der Waals surface area contributed by atoms with Crippen LogP contribution in [0, 0.1) is 0 Å². The zero-order valence-corrected chi connectivity index (χ0v) is 10.5. The number of likely N-dealkylation sites (N-methyl/N-ethyl adjacent to an activating group) is 1. The lowest BCUT2D eigenvalue weighted by Gasteiger charge is -2.20. The first-order valence-corrected chi connectivity index (χ1v) is 5.42. The fourth-order valence-electron chi connectivity index (χ4n) is 1.20. The van der Waals surface area contributed by atoms with Gasteiger partial charge in [0.1, 0.15) is 6.54 Å². The Hall–Kier alpha value is -1.10. The predicted molar refractivity (Wildman–Crippen MR) is 60.0 cm³/mol. The number of hydrogen-bond acceptors (Lipinski definition) is 4. The first kappa shape index (κ1) is 14.9. The minimum Gasteiger partial charge on any atom is -0.468 e. The summed E-state index contributed by atoms with van der Waals surface area (Å²) in [6.07, 6.45) is 1.10. The van der Waals surface area contributed by atoms with Crippen molar-refractivity contribution >= 4 is 11.9 Å². The van der Waals surface area contributed by atoms with E-state index in [0.717, 1.165) is 0 Å². The molecule has 16 heavy (non-hydrogen) atoms. The fourth-order valence-corrected chi connectivity index (χ4v) is 1.20. The Morgan fingerprint density at radius 2 is 1.94 bits per heavy atom. The monoisotopic (exact) mass is 231 g/mol. The van der Waals surface area contributed by atoms with Crippen LogP contribution in [0.1, 0.15) is 26.7 Å². The quantitative estimate of drug-likeness (QED) is 0.609. The van der Waals surface area contributed by atoms with Crippen LogP contribution in [0.15, 0.2) is 0 Å². The van der Waals surface area contributed by atoms with Crippen molar-refractivity contribution in [3.8, 4) is 0 Å². The van der Waals surface area contributed by atoms with Crippen LogP contribution in [0.25, 0.3) is 0 Å². The molecule has 0 bridgehead atoms. The lowest BCUT2D eigenvalue weighted by molar-refractivity contribution is -0.147. The predicted octanol–water partition coefficient (Wildman–Crippen LogP) is 0.823. The molecule has 0 aliphatic carbocycles. The minimum atomic E-state index is -0.394. The molecule has 0 N–H and O–H groups in total. The van der Waals surface area contributed by atoms with E-state index >= 15 is 0 Å². The number of hydrogen-bond donors (Lipinski definition) is 0. The van der Waals surface area contributed by atoms with Crippen LogP contribution < -0.4 is 0 Å². The van der Waals surface area contributed by atoms with Crippen molar-refractivity contribution in [2.24, 2.45) is 0 Å². The van der Waals surface area contributed by atoms with E-state index < -0.39 is 5.97 Å². The summed E-state index contributed by atoms with van der Waals surface area (Å²) >= 11 is 0. The summed E-state index contributed by atoms with van der Waals surface area (Å²) in [4.78, 5) is 24.2. The number of carbonyl (C=O) groups excluding carboxylic acids is 2. The summed E-state index contributed by atoms with van der Waals surface area (Å²) in [7, 11) is 2.93. The summed E-state index contributed by atoms with van der Waals surface area (Å²) in [5, 5.41) is 0. The molecule has 0 aliphatic heterocycles. The van der Waals surface area contributed by atoms with E-state index in [1.807, 2.05) is 13.8 Å². The highest BCUT2D eigenvalue weighted by molar-refractivity contribution is 5.81. The third kappa shape index (κ3) is 5.70. The summed E-state index contributed by atoms with van der Waals surface area (Å²) < 4.78 is 9.58. The molecule has 0 fully saturated rings. The number of nitrogens with zero attached hydrogens (tertiary/aromatic N) is 1. The highest BCUT2D eigenvalue weighted by atomic mass is 16.5. The van der Waals surface area contributed by atoms with E-state index in [0.29, 0.717) is 19.4 Å². The molecule has 0 aromatic rings. The molecule has 0 saturated heterocycles. The Bertz CT molecular complexity index is 230. The van der Waals surface area contributed by atoms with Gasteiger partial charge in [-0.05, 0) is 20.3 Å². The van der Waals surface area contributed by atoms with Gasteiger partial charge < -0.3 is 14.4 Å². The Kier molecular flexibility index (Phi) is 7.54. The van der Waals surface area contributed by atoms with Crippen molar-refractivity contribution in [3.63, 3.8) is 0 Å². The standard InChI is InChI=1S/C11H21NO4/c1-5-12(8-11(14)16-4)10(13)7-6-9(2)15-3/h9H,5-8H2,1-4H3. The Morgan fingerprint density at radius 3 is 2.38 bits per heavy atom. The van der Waals surface area contributed by atoms with Gasteiger partial charge in [-0.25, -0.2) is 0 Å². The summed E-state index contributed by atoms with van der Waals surface area (Å²) in [5.41, 5.74) is 0. The molecule has 0 aromatic carbocycles. The van der Waals surface area contributed by atoms with Gasteiger partial charge in [0.25, 0.3) is 0 Å². The van der Waals surface area contributed by atoms with Crippen molar-refractivity contribution in [2.45, 2.75) is 32.8 Å². The van der Waals surface area contributed by atoms with Crippen molar-refractivity contribution in [2.75, 3.05) is 27.3 Å². The molecule has 0 aromatic heterocycles. The molecule has 5 heteroatoms. The van der Waals surface area contributed by atoms with Gasteiger partial charge in [-0.2, -0.15) is 0 Å². The third-order valence-electron chi connectivity index (χ3n) is 2.45. The zero-order valence-electron chi connectivity index (χ0n) is 10.5. The van der Waals surface area contributed by atoms with Gasteiger partial charge in [0.15, 0.2) is 0 Å². The van der Waals surface area contributed by atoms with E-state index in [1.165, 1.54) is 12.0 Å². The Balaban J connectivity index is 4.05. The normalized spacial score (nSPS) is 12.0. The van der Waals surface area contributed by atoms with Crippen molar-refractivity contribution in [3.05, 3.63) is 0 Å². The number of amides is 1. The van der Waals surface area contributed by atoms with Crippen molar-refractivity contribution in [1.82, 2.24) is 4.90 Å². The molecular weight excluding hydrogens is 210 g/mol. The van der Waals surface area contributed by atoms with Gasteiger partial charge in [0.2, 0.25) is 5.91 Å². The van der Waals surface area contributed by atoms with Crippen LogP contribution >= 0.6 is 0 Å². The zero-order chi connectivity index (χ0) is 12.6. The summed E-state index contributed by atoms with van der Waals surface area (Å²) in [6.45, 7) is 4.27. The number of ether oxygens (including phenoxy) is 2. The van der Waals surface area contributed by atoms with E-state index in [1.54, 1.807) is 7.11 Å². The van der Waals surface area contributed by atoms with E-state index in [-0.39, 0.29) is 18.6 Å². The maximum absolute atomic E-state index is 11.7. The van der Waals surface area contributed by atoms with Crippen LogP contribution in [0.3, 0.4) is 0 Å². The molecule has 0 saturated carbocycles. The second kappa shape index (κ2) is 8.10. The lowest BCUT2D eigenvalue weighted by atomic mass is 10.2. The van der Waals surface area contributed by atoms with Gasteiger partial charge in [-0.1, -0.05) is 0 Å². The van der Waals surface area contributed by atoms with E-state index in [2.05, 4.69) is 4.74 Å². The van der Waals surface area contributed by atoms with Gasteiger partial charge in [0.05, 0.1) is 13.2 Å². The van der Waals surface area contributed by atoms with Crippen LogP contribution in [0.2, 0.25) is 0 Å². The fraction of sp³-hybridized carbons (Fsp3) is 0.818. The Labute approximate surface area is 96.7 Å². The first-order valence-electron chi connectivity index (χ1n) is 5.42. The maximum Gasteiger partial charge on any atom is 0.325 e. The van der Waals surface area contributed by atoms with Crippen LogP contribution in [0.4, 0.5) is 0 Å². The van der Waals surface area contributed by atoms with E-state index in [4.69, 9.17) is 4.74 Å². The second-order valence-electron chi connectivity index (χ2n) is 3.57. The van der Waals surface area contributed by atoms with Gasteiger partial charge in [-0.3, -0.25) is 9.59 Å². The molecule has 0 rings (SSSR count). The molecule has 1 unspecified atom stereocenters. The molecule has 0 spiro atoms. The third-order valence-corrected chi connectivity index (χ3v) is 2.45. The molecule has 5 nitrogen and oxygen atoms in total. The minimum absolute atomic E-state index is 0.0210. The molecule has 1 amide bonds. The van der Waals surface area contributed by atoms with Crippen LogP contribution in [-0.2, 0) is 19.1 Å². The average molecular weight is 231 g/mol. The molecule has 94 valence electrons. The topological polar surface area (TPSA) is 55.8 Å². The largest absolute Gasteiger partial charge is 0.468 e. The highest BCUT2D eigenvalue weighted by Crippen LogP contribution is 2.04. The number of carbonyl (C=O) groups is 2. The number of esters is 1. The van der Waals surface area contributed by atoms with Crippen molar-refractivity contribution in [1.29, 1.82) is 0 Å². The van der Waals surface area contributed by atoms with Crippen LogP contribution in [0.5, 0.6) is 0 Å². The molecule has 0 heterocycles. The first-order chi connectivity index (χ1) is 7.54. The van der Waals surface area contributed by atoms with Gasteiger partial charge >= 0.3 is 5.97 Å². The second-order valence-corrected chi connectivity index (χ2v) is 3.57. The van der Waals surface area contributed by atoms with Crippen molar-refractivity contribution < 1.29 is 19.1 Å². The van der Waals surface area contributed by atoms with Crippen LogP contribution in [-0.4, -0.2) is 50.2 Å². The van der Waals surface area contributed by atoms with E-state index in [9.17, 15) is 9.59 Å². The molecule has 1 atom stereocenters. The molecular formula is C11H21NO4. The number of rotatable bonds is 7. The highest BCUT2D eigenvalue weighted by Gasteiger charge is 2.16. The average Bonchev–Trinajstić information content (AvgIpc) is 2.31. The number of methoxy groups -OCH3 is 2. The molecule has 0 radical (unpaired) electrons. The van der Waals surface area contributed by atoms with Gasteiger partial charge in [0, 0.05) is 20.1 Å².